The molecule has 0 fully saturated rings. The first-order valence-electron chi connectivity index (χ1n) is 5.33. The van der Waals surface area contributed by atoms with E-state index in [1.165, 1.54) is 0 Å². The van der Waals surface area contributed by atoms with Crippen molar-refractivity contribution in [1.82, 2.24) is 4.90 Å². The number of benzene rings is 1. The Morgan fingerprint density at radius 2 is 2.06 bits per heavy atom. The van der Waals surface area contributed by atoms with E-state index in [-0.39, 0.29) is 5.91 Å². The minimum absolute atomic E-state index is 0.0830. The fourth-order valence-corrected chi connectivity index (χ4v) is 1.30. The van der Waals surface area contributed by atoms with E-state index in [0.29, 0.717) is 24.2 Å². The van der Waals surface area contributed by atoms with Crippen LogP contribution in [0.4, 0.5) is 5.69 Å². The molecule has 3 N–H and O–H groups in total. The highest BCUT2D eigenvalue weighted by molar-refractivity contribution is 5.96. The minimum Gasteiger partial charge on any atom is -0.366 e. The monoisotopic (exact) mass is 235 g/mol. The molecule has 0 heterocycles. The Morgan fingerprint density at radius 3 is 2.65 bits per heavy atom. The quantitative estimate of drug-likeness (QED) is 0.787. The van der Waals surface area contributed by atoms with E-state index in [1.54, 1.807) is 24.3 Å². The van der Waals surface area contributed by atoms with Crippen LogP contribution in [0.2, 0.25) is 0 Å². The maximum atomic E-state index is 11.5. The summed E-state index contributed by atoms with van der Waals surface area (Å²) in [6, 6.07) is 6.58. The number of primary amides is 1. The molecule has 0 atom stereocenters. The topological polar surface area (TPSA) is 75.4 Å². The summed E-state index contributed by atoms with van der Waals surface area (Å²) in [5.41, 5.74) is 6.13. The number of amides is 2. The first kappa shape index (κ1) is 13.2. The van der Waals surface area contributed by atoms with Gasteiger partial charge in [-0.3, -0.25) is 9.59 Å². The molecule has 2 amide bonds. The summed E-state index contributed by atoms with van der Waals surface area (Å²) in [7, 11) is 3.81. The molecule has 1 rings (SSSR count). The van der Waals surface area contributed by atoms with Crippen molar-refractivity contribution in [3.8, 4) is 0 Å². The Bertz CT molecular complexity index is 416. The van der Waals surface area contributed by atoms with Gasteiger partial charge in [-0.25, -0.2) is 0 Å². The zero-order valence-corrected chi connectivity index (χ0v) is 10.1. The van der Waals surface area contributed by atoms with Gasteiger partial charge in [-0.15, -0.1) is 0 Å². The number of nitrogens with two attached hydrogens (primary N) is 1. The standard InChI is InChI=1S/C12H17N3O2/c1-15(2)7-6-11(16)14-10-5-3-4-9(8-10)12(13)17/h3-5,8H,6-7H2,1-2H3,(H2,13,17)(H,14,16). The summed E-state index contributed by atoms with van der Waals surface area (Å²) in [6.07, 6.45) is 0.411. The number of hydrogen-bond donors (Lipinski definition) is 2. The number of rotatable bonds is 5. The lowest BCUT2D eigenvalue weighted by molar-refractivity contribution is -0.116. The van der Waals surface area contributed by atoms with Crippen molar-refractivity contribution in [2.75, 3.05) is 26.0 Å². The molecule has 0 aliphatic rings. The van der Waals surface area contributed by atoms with Crippen LogP contribution in [-0.4, -0.2) is 37.4 Å². The Labute approximate surface area is 101 Å². The van der Waals surface area contributed by atoms with Gasteiger partial charge >= 0.3 is 0 Å². The van der Waals surface area contributed by atoms with Gasteiger partial charge in [0.2, 0.25) is 11.8 Å². The fraction of sp³-hybridized carbons (Fsp3) is 0.333. The van der Waals surface area contributed by atoms with Gasteiger partial charge in [0.05, 0.1) is 0 Å². The Balaban J connectivity index is 2.59. The number of hydrogen-bond acceptors (Lipinski definition) is 3. The molecule has 5 nitrogen and oxygen atoms in total. The lowest BCUT2D eigenvalue weighted by Crippen LogP contribution is -2.21. The van der Waals surface area contributed by atoms with Crippen molar-refractivity contribution in [3.63, 3.8) is 0 Å². The molecule has 92 valence electrons. The van der Waals surface area contributed by atoms with E-state index in [2.05, 4.69) is 5.32 Å². The summed E-state index contributed by atoms with van der Waals surface area (Å²) in [5, 5.41) is 2.72. The molecule has 0 bridgehead atoms. The zero-order valence-electron chi connectivity index (χ0n) is 10.1. The fourth-order valence-electron chi connectivity index (χ4n) is 1.30. The molecule has 1 aromatic rings. The van der Waals surface area contributed by atoms with E-state index in [4.69, 9.17) is 5.73 Å². The summed E-state index contributed by atoms with van der Waals surface area (Å²) in [6.45, 7) is 0.682. The van der Waals surface area contributed by atoms with Crippen molar-refractivity contribution >= 4 is 17.5 Å². The second-order valence-corrected chi connectivity index (χ2v) is 4.05. The number of nitrogens with zero attached hydrogens (tertiary/aromatic N) is 1. The number of carbonyl (C=O) groups excluding carboxylic acids is 2. The first-order valence-corrected chi connectivity index (χ1v) is 5.33. The normalized spacial score (nSPS) is 10.3. The van der Waals surface area contributed by atoms with E-state index in [1.807, 2.05) is 19.0 Å². The van der Waals surface area contributed by atoms with Crippen molar-refractivity contribution in [2.45, 2.75) is 6.42 Å². The molecule has 0 radical (unpaired) electrons. The van der Waals surface area contributed by atoms with Crippen LogP contribution in [0, 0.1) is 0 Å². The number of anilines is 1. The van der Waals surface area contributed by atoms with E-state index < -0.39 is 5.91 Å². The van der Waals surface area contributed by atoms with Crippen molar-refractivity contribution in [3.05, 3.63) is 29.8 Å². The molecule has 17 heavy (non-hydrogen) atoms. The molecule has 0 saturated carbocycles. The molecule has 0 aromatic heterocycles. The first-order chi connectivity index (χ1) is 7.99. The summed E-state index contributed by atoms with van der Waals surface area (Å²) in [4.78, 5) is 24.4. The van der Waals surface area contributed by atoms with E-state index in [9.17, 15) is 9.59 Å². The van der Waals surface area contributed by atoms with Crippen molar-refractivity contribution in [1.29, 1.82) is 0 Å². The molecule has 0 saturated heterocycles. The van der Waals surface area contributed by atoms with Gasteiger partial charge in [0.25, 0.3) is 0 Å². The van der Waals surface area contributed by atoms with Gasteiger partial charge in [0.15, 0.2) is 0 Å². The van der Waals surface area contributed by atoms with Gasteiger partial charge in [-0.05, 0) is 32.3 Å². The van der Waals surface area contributed by atoms with E-state index in [0.717, 1.165) is 0 Å². The molecule has 1 aromatic carbocycles. The predicted molar refractivity (Wildman–Crippen MR) is 66.8 cm³/mol. The third-order valence-corrected chi connectivity index (χ3v) is 2.22. The second kappa shape index (κ2) is 6.00. The molecule has 0 spiro atoms. The third-order valence-electron chi connectivity index (χ3n) is 2.22. The summed E-state index contributed by atoms with van der Waals surface area (Å²) < 4.78 is 0. The molecule has 0 aliphatic heterocycles. The predicted octanol–water partition coefficient (Wildman–Crippen LogP) is 0.676. The van der Waals surface area contributed by atoms with Crippen molar-refractivity contribution < 1.29 is 9.59 Å². The average Bonchev–Trinajstić information content (AvgIpc) is 2.26. The lowest BCUT2D eigenvalue weighted by atomic mass is 10.2. The zero-order chi connectivity index (χ0) is 12.8. The highest BCUT2D eigenvalue weighted by atomic mass is 16.2. The van der Waals surface area contributed by atoms with Crippen molar-refractivity contribution in [2.24, 2.45) is 5.73 Å². The maximum absolute atomic E-state index is 11.5. The Hall–Kier alpha value is -1.88. The van der Waals surface area contributed by atoms with Gasteiger partial charge in [0.1, 0.15) is 0 Å². The molecule has 0 aliphatic carbocycles. The third kappa shape index (κ3) is 4.65. The Kier molecular flexibility index (Phi) is 4.66. The highest BCUT2D eigenvalue weighted by Crippen LogP contribution is 2.10. The van der Waals surface area contributed by atoms with Gasteiger partial charge in [0, 0.05) is 24.2 Å². The van der Waals surface area contributed by atoms with Crippen LogP contribution in [0.25, 0.3) is 0 Å². The SMILES string of the molecule is CN(C)CCC(=O)Nc1cccc(C(N)=O)c1. The second-order valence-electron chi connectivity index (χ2n) is 4.05. The highest BCUT2D eigenvalue weighted by Gasteiger charge is 2.05. The number of nitrogens with one attached hydrogen (secondary N) is 1. The summed E-state index contributed by atoms with van der Waals surface area (Å²) >= 11 is 0. The molecular formula is C12H17N3O2. The molecule has 5 heteroatoms. The van der Waals surface area contributed by atoms with Crippen LogP contribution < -0.4 is 11.1 Å². The van der Waals surface area contributed by atoms with Crippen LogP contribution >= 0.6 is 0 Å². The molecular weight excluding hydrogens is 218 g/mol. The lowest BCUT2D eigenvalue weighted by Gasteiger charge is -2.10. The van der Waals surface area contributed by atoms with Gasteiger partial charge in [-0.1, -0.05) is 6.07 Å². The van der Waals surface area contributed by atoms with E-state index >= 15 is 0 Å². The maximum Gasteiger partial charge on any atom is 0.248 e. The van der Waals surface area contributed by atoms with Crippen LogP contribution in [0.5, 0.6) is 0 Å². The van der Waals surface area contributed by atoms with Gasteiger partial charge in [-0.2, -0.15) is 0 Å². The average molecular weight is 235 g/mol. The summed E-state index contributed by atoms with van der Waals surface area (Å²) in [5.74, 6) is -0.588. The molecule has 0 unspecified atom stereocenters. The smallest absolute Gasteiger partial charge is 0.248 e. The Morgan fingerprint density at radius 1 is 1.35 bits per heavy atom. The largest absolute Gasteiger partial charge is 0.366 e. The van der Waals surface area contributed by atoms with Crippen LogP contribution in [0.15, 0.2) is 24.3 Å². The van der Waals surface area contributed by atoms with Gasteiger partial charge < -0.3 is 16.0 Å². The number of carbonyl (C=O) groups is 2. The van der Waals surface area contributed by atoms with Crippen LogP contribution in [0.3, 0.4) is 0 Å². The van der Waals surface area contributed by atoms with Crippen LogP contribution in [0.1, 0.15) is 16.8 Å². The van der Waals surface area contributed by atoms with Crippen LogP contribution in [-0.2, 0) is 4.79 Å². The minimum atomic E-state index is -0.505.